The molecule has 0 spiro atoms. The van der Waals surface area contributed by atoms with Gasteiger partial charge in [0.1, 0.15) is 5.82 Å². The van der Waals surface area contributed by atoms with Gasteiger partial charge < -0.3 is 15.7 Å². The number of hydrogen-bond donors (Lipinski definition) is 3. The van der Waals surface area contributed by atoms with Crippen molar-refractivity contribution in [2.45, 2.75) is 0 Å². The predicted octanol–water partition coefficient (Wildman–Crippen LogP) is 3.99. The van der Waals surface area contributed by atoms with Crippen molar-refractivity contribution in [3.05, 3.63) is 58.7 Å². The fourth-order valence-electron chi connectivity index (χ4n) is 2.15. The number of pyridine rings is 1. The van der Waals surface area contributed by atoms with Crippen LogP contribution in [0.1, 0.15) is 0 Å². The van der Waals surface area contributed by atoms with Crippen LogP contribution in [0.3, 0.4) is 0 Å². The van der Waals surface area contributed by atoms with Crippen molar-refractivity contribution < 1.29 is 5.11 Å². The molecule has 25 heavy (non-hydrogen) atoms. The Kier molecular flexibility index (Phi) is 5.65. The van der Waals surface area contributed by atoms with Crippen LogP contribution in [0.4, 0.5) is 17.5 Å². The molecule has 0 amide bonds. The van der Waals surface area contributed by atoms with Gasteiger partial charge in [0.2, 0.25) is 5.95 Å². The summed E-state index contributed by atoms with van der Waals surface area (Å²) in [6, 6.07) is 12.6. The molecule has 1 aromatic carbocycles. The maximum absolute atomic E-state index is 9.01. The van der Waals surface area contributed by atoms with Crippen molar-refractivity contribution in [1.29, 1.82) is 0 Å². The van der Waals surface area contributed by atoms with E-state index in [0.29, 0.717) is 45.4 Å². The molecule has 3 N–H and O–H groups in total. The van der Waals surface area contributed by atoms with Gasteiger partial charge >= 0.3 is 0 Å². The second kappa shape index (κ2) is 8.11. The van der Waals surface area contributed by atoms with Gasteiger partial charge in [0.05, 0.1) is 33.7 Å². The highest BCUT2D eigenvalue weighted by molar-refractivity contribution is 6.39. The van der Waals surface area contributed by atoms with Crippen molar-refractivity contribution in [3.8, 4) is 11.4 Å². The van der Waals surface area contributed by atoms with Gasteiger partial charge in [-0.05, 0) is 24.3 Å². The lowest BCUT2D eigenvalue weighted by Gasteiger charge is -2.12. The van der Waals surface area contributed by atoms with Gasteiger partial charge in [-0.2, -0.15) is 4.98 Å². The lowest BCUT2D eigenvalue weighted by molar-refractivity contribution is 0.311. The molecule has 0 aliphatic rings. The van der Waals surface area contributed by atoms with Gasteiger partial charge in [0.25, 0.3) is 0 Å². The second-order valence-corrected chi connectivity index (χ2v) is 5.86. The van der Waals surface area contributed by atoms with Crippen LogP contribution in [-0.4, -0.2) is 33.2 Å². The number of rotatable bonds is 6. The summed E-state index contributed by atoms with van der Waals surface area (Å²) in [7, 11) is 0. The van der Waals surface area contributed by atoms with Crippen LogP contribution in [-0.2, 0) is 0 Å². The monoisotopic (exact) mass is 375 g/mol. The highest BCUT2D eigenvalue weighted by atomic mass is 35.5. The largest absolute Gasteiger partial charge is 0.395 e. The Hall–Kier alpha value is -2.41. The first-order valence-electron chi connectivity index (χ1n) is 7.53. The van der Waals surface area contributed by atoms with E-state index >= 15 is 0 Å². The SMILES string of the molecule is OCCNc1nc(Nc2c(Cl)cccc2Cl)cc(-c2ccccn2)n1. The van der Waals surface area contributed by atoms with Crippen LogP contribution in [0.15, 0.2) is 48.7 Å². The van der Waals surface area contributed by atoms with E-state index in [4.69, 9.17) is 28.3 Å². The van der Waals surface area contributed by atoms with E-state index < -0.39 is 0 Å². The maximum Gasteiger partial charge on any atom is 0.225 e. The van der Waals surface area contributed by atoms with Crippen molar-refractivity contribution in [2.24, 2.45) is 0 Å². The van der Waals surface area contributed by atoms with Crippen LogP contribution in [0.25, 0.3) is 11.4 Å². The summed E-state index contributed by atoms with van der Waals surface area (Å²) >= 11 is 12.4. The standard InChI is InChI=1S/C17H15Cl2N5O/c18-11-4-3-5-12(19)16(11)23-15-10-14(13-6-1-2-7-20-13)22-17(24-15)21-8-9-25/h1-7,10,25H,8-9H2,(H2,21,22,23,24). The number of para-hydroxylation sites is 1. The zero-order valence-corrected chi connectivity index (χ0v) is 14.6. The minimum atomic E-state index is -0.0315. The number of nitrogens with one attached hydrogen (secondary N) is 2. The Morgan fingerprint density at radius 2 is 1.76 bits per heavy atom. The second-order valence-electron chi connectivity index (χ2n) is 5.05. The number of benzene rings is 1. The molecule has 0 fully saturated rings. The molecule has 0 radical (unpaired) electrons. The van der Waals surface area contributed by atoms with E-state index in [0.717, 1.165) is 0 Å². The van der Waals surface area contributed by atoms with Crippen molar-refractivity contribution in [1.82, 2.24) is 15.0 Å². The Balaban J connectivity index is 2.00. The Bertz CT molecular complexity index is 841. The first-order valence-corrected chi connectivity index (χ1v) is 8.29. The van der Waals surface area contributed by atoms with Crippen LogP contribution in [0.2, 0.25) is 10.0 Å². The van der Waals surface area contributed by atoms with Crippen LogP contribution in [0.5, 0.6) is 0 Å². The highest BCUT2D eigenvalue weighted by Crippen LogP contribution is 2.33. The topological polar surface area (TPSA) is 83.0 Å². The van der Waals surface area contributed by atoms with E-state index in [1.807, 2.05) is 18.2 Å². The molecule has 0 atom stereocenters. The molecule has 0 saturated heterocycles. The fraction of sp³-hybridized carbons (Fsp3) is 0.118. The normalized spacial score (nSPS) is 10.5. The molecule has 0 aliphatic heterocycles. The molecule has 0 bridgehead atoms. The van der Waals surface area contributed by atoms with Gasteiger partial charge in [0.15, 0.2) is 0 Å². The Morgan fingerprint density at radius 1 is 0.960 bits per heavy atom. The lowest BCUT2D eigenvalue weighted by atomic mass is 10.2. The zero-order chi connectivity index (χ0) is 17.6. The van der Waals surface area contributed by atoms with Crippen LogP contribution >= 0.6 is 23.2 Å². The minimum Gasteiger partial charge on any atom is -0.395 e. The van der Waals surface area contributed by atoms with E-state index in [1.54, 1.807) is 30.5 Å². The van der Waals surface area contributed by atoms with Gasteiger partial charge in [-0.1, -0.05) is 35.3 Å². The number of anilines is 3. The molecule has 2 aromatic heterocycles. The molecule has 0 unspecified atom stereocenters. The third-order valence-electron chi connectivity index (χ3n) is 3.26. The fourth-order valence-corrected chi connectivity index (χ4v) is 2.64. The zero-order valence-electron chi connectivity index (χ0n) is 13.1. The van der Waals surface area contributed by atoms with Gasteiger partial charge in [-0.25, -0.2) is 4.98 Å². The van der Waals surface area contributed by atoms with Crippen molar-refractivity contribution in [2.75, 3.05) is 23.8 Å². The molecule has 0 saturated carbocycles. The summed E-state index contributed by atoms with van der Waals surface area (Å²) in [5, 5.41) is 16.1. The van der Waals surface area contributed by atoms with E-state index in [1.165, 1.54) is 0 Å². The third kappa shape index (κ3) is 4.36. The molecule has 0 aliphatic carbocycles. The summed E-state index contributed by atoms with van der Waals surface area (Å²) in [5.74, 6) is 0.869. The predicted molar refractivity (Wildman–Crippen MR) is 101 cm³/mol. The smallest absolute Gasteiger partial charge is 0.225 e. The molecule has 128 valence electrons. The summed E-state index contributed by atoms with van der Waals surface area (Å²) in [5.41, 5.74) is 1.89. The number of aromatic nitrogens is 3. The van der Waals surface area contributed by atoms with E-state index in [9.17, 15) is 0 Å². The Morgan fingerprint density at radius 3 is 2.44 bits per heavy atom. The quantitative estimate of drug-likeness (QED) is 0.603. The van der Waals surface area contributed by atoms with Gasteiger partial charge in [0, 0.05) is 18.8 Å². The number of aliphatic hydroxyl groups excluding tert-OH is 1. The molecule has 8 heteroatoms. The average molecular weight is 376 g/mol. The van der Waals surface area contributed by atoms with Crippen molar-refractivity contribution in [3.63, 3.8) is 0 Å². The van der Waals surface area contributed by atoms with E-state index in [2.05, 4.69) is 25.6 Å². The van der Waals surface area contributed by atoms with Crippen molar-refractivity contribution >= 4 is 40.7 Å². The lowest BCUT2D eigenvalue weighted by Crippen LogP contribution is -2.10. The maximum atomic E-state index is 9.01. The number of hydrogen-bond acceptors (Lipinski definition) is 6. The van der Waals surface area contributed by atoms with Crippen LogP contribution in [0, 0.1) is 0 Å². The average Bonchev–Trinajstić information content (AvgIpc) is 2.64. The van der Waals surface area contributed by atoms with Gasteiger partial charge in [-0.3, -0.25) is 4.98 Å². The summed E-state index contributed by atoms with van der Waals surface area (Å²) < 4.78 is 0. The minimum absolute atomic E-state index is 0.0315. The molecule has 6 nitrogen and oxygen atoms in total. The van der Waals surface area contributed by atoms with E-state index in [-0.39, 0.29) is 6.61 Å². The number of aliphatic hydroxyl groups is 1. The summed E-state index contributed by atoms with van der Waals surface area (Å²) in [6.07, 6.45) is 1.69. The molecular formula is C17H15Cl2N5O. The summed E-state index contributed by atoms with van der Waals surface area (Å²) in [6.45, 7) is 0.300. The number of nitrogens with zero attached hydrogens (tertiary/aromatic N) is 3. The first-order chi connectivity index (χ1) is 12.2. The molecule has 2 heterocycles. The molecule has 3 aromatic rings. The Labute approximate surface area is 154 Å². The molecular weight excluding hydrogens is 361 g/mol. The highest BCUT2D eigenvalue weighted by Gasteiger charge is 2.11. The molecule has 3 rings (SSSR count). The third-order valence-corrected chi connectivity index (χ3v) is 3.89. The first kappa shape index (κ1) is 17.4. The van der Waals surface area contributed by atoms with Gasteiger partial charge in [-0.15, -0.1) is 0 Å². The number of halogens is 2. The summed E-state index contributed by atoms with van der Waals surface area (Å²) in [4.78, 5) is 13.1. The van der Waals surface area contributed by atoms with Crippen LogP contribution < -0.4 is 10.6 Å².